The molecule has 1 aliphatic carbocycles. The summed E-state index contributed by atoms with van der Waals surface area (Å²) >= 11 is 0. The highest BCUT2D eigenvalue weighted by Gasteiger charge is 2.39. The van der Waals surface area contributed by atoms with Crippen LogP contribution in [0, 0.1) is 10.1 Å². The van der Waals surface area contributed by atoms with Gasteiger partial charge in [-0.1, -0.05) is 18.2 Å². The highest BCUT2D eigenvalue weighted by atomic mass is 16.6. The maximum Gasteiger partial charge on any atom is 0.281 e. The third kappa shape index (κ3) is 3.26. The number of nitrogens with one attached hydrogen (secondary N) is 1. The fourth-order valence-electron chi connectivity index (χ4n) is 3.63. The predicted octanol–water partition coefficient (Wildman–Crippen LogP) is 3.06. The molecule has 4 rings (SSSR count). The molecule has 0 saturated carbocycles. The van der Waals surface area contributed by atoms with Gasteiger partial charge in [-0.25, -0.2) is 0 Å². The molecule has 0 atom stereocenters. The average molecular weight is 420 g/mol. The highest BCUT2D eigenvalue weighted by molar-refractivity contribution is 6.32. The summed E-state index contributed by atoms with van der Waals surface area (Å²) in [6, 6.07) is 11.6. The highest BCUT2D eigenvalue weighted by Crippen LogP contribution is 2.44. The van der Waals surface area contributed by atoms with Crippen molar-refractivity contribution in [2.45, 2.75) is 6.42 Å². The molecule has 9 nitrogen and oxygen atoms in total. The van der Waals surface area contributed by atoms with Gasteiger partial charge in [0.2, 0.25) is 5.78 Å². The molecule has 0 saturated heterocycles. The number of rotatable bonds is 5. The molecule has 9 heteroatoms. The third-order valence-corrected chi connectivity index (χ3v) is 5.08. The Morgan fingerprint density at radius 3 is 2.29 bits per heavy atom. The van der Waals surface area contributed by atoms with Crippen LogP contribution in [-0.4, -0.2) is 38.4 Å². The van der Waals surface area contributed by atoms with Crippen LogP contribution < -0.4 is 5.32 Å². The zero-order valence-electron chi connectivity index (χ0n) is 16.0. The van der Waals surface area contributed by atoms with E-state index >= 15 is 0 Å². The Kier molecular flexibility index (Phi) is 4.88. The minimum Gasteiger partial charge on any atom is -0.504 e. The molecular weight excluding hydrogens is 404 g/mol. The van der Waals surface area contributed by atoms with E-state index in [1.54, 1.807) is 24.3 Å². The Hall–Kier alpha value is -4.24. The molecule has 0 heterocycles. The first kappa shape index (κ1) is 20.0. The number of anilines is 2. The molecule has 3 aromatic rings. The molecule has 0 bridgehead atoms. The van der Waals surface area contributed by atoms with Crippen molar-refractivity contribution in [2.24, 2.45) is 0 Å². The van der Waals surface area contributed by atoms with Gasteiger partial charge in [-0.2, -0.15) is 0 Å². The lowest BCUT2D eigenvalue weighted by atomic mass is 9.81. The summed E-state index contributed by atoms with van der Waals surface area (Å²) in [5.41, 5.74) is -0.389. The molecule has 3 aromatic carbocycles. The van der Waals surface area contributed by atoms with Crippen molar-refractivity contribution in [3.63, 3.8) is 0 Å². The van der Waals surface area contributed by atoms with Gasteiger partial charge in [0, 0.05) is 30.0 Å². The summed E-state index contributed by atoms with van der Waals surface area (Å²) in [7, 11) is 0. The van der Waals surface area contributed by atoms with Crippen LogP contribution in [0.15, 0.2) is 48.5 Å². The molecular formula is C22H16N2O7. The SMILES string of the molecule is O=C1c2c(cccc2[N+](=O)[O-])C(=O)c2c(O)c(O)cc(Nc3ccc(CCO)cc3)c21. The number of phenols is 2. The number of fused-ring (bicyclic) bond motifs is 2. The van der Waals surface area contributed by atoms with Crippen molar-refractivity contribution in [3.05, 3.63) is 86.5 Å². The van der Waals surface area contributed by atoms with Crippen LogP contribution in [0.2, 0.25) is 0 Å². The van der Waals surface area contributed by atoms with E-state index in [1.807, 2.05) is 0 Å². The number of nitrogens with zero attached hydrogens (tertiary/aromatic N) is 1. The quantitative estimate of drug-likeness (QED) is 0.166. The zero-order valence-corrected chi connectivity index (χ0v) is 16.0. The van der Waals surface area contributed by atoms with Gasteiger partial charge in [-0.3, -0.25) is 19.7 Å². The number of benzene rings is 3. The van der Waals surface area contributed by atoms with Crippen molar-refractivity contribution in [3.8, 4) is 11.5 Å². The smallest absolute Gasteiger partial charge is 0.281 e. The molecule has 4 N–H and O–H groups in total. The largest absolute Gasteiger partial charge is 0.504 e. The normalized spacial score (nSPS) is 12.3. The van der Waals surface area contributed by atoms with Crippen LogP contribution in [0.4, 0.5) is 17.1 Å². The first-order valence-corrected chi connectivity index (χ1v) is 9.26. The van der Waals surface area contributed by atoms with Crippen molar-refractivity contribution < 1.29 is 29.8 Å². The van der Waals surface area contributed by atoms with Gasteiger partial charge in [-0.15, -0.1) is 0 Å². The standard InChI is InChI=1S/C22H16N2O7/c25-9-8-11-4-6-12(7-5-11)23-14-10-16(26)21(28)19-18(14)22(29)17-13(20(19)27)2-1-3-15(17)24(30)31/h1-7,10,23,25-26,28H,8-9H2. The second-order valence-corrected chi connectivity index (χ2v) is 6.95. The number of ketones is 2. The molecule has 1 aliphatic rings. The third-order valence-electron chi connectivity index (χ3n) is 5.08. The van der Waals surface area contributed by atoms with Crippen LogP contribution in [0.1, 0.15) is 37.4 Å². The Morgan fingerprint density at radius 1 is 0.935 bits per heavy atom. The van der Waals surface area contributed by atoms with Crippen LogP contribution in [-0.2, 0) is 6.42 Å². The minimum absolute atomic E-state index is 0.0130. The van der Waals surface area contributed by atoms with E-state index in [0.717, 1.165) is 17.7 Å². The van der Waals surface area contributed by atoms with Crippen molar-refractivity contribution >= 4 is 28.6 Å². The molecule has 0 radical (unpaired) electrons. The van der Waals surface area contributed by atoms with Gasteiger partial charge in [0.1, 0.15) is 5.56 Å². The van der Waals surface area contributed by atoms with E-state index in [2.05, 4.69) is 5.32 Å². The first-order valence-electron chi connectivity index (χ1n) is 9.26. The van der Waals surface area contributed by atoms with Crippen LogP contribution >= 0.6 is 0 Å². The number of aromatic hydroxyl groups is 2. The van der Waals surface area contributed by atoms with Gasteiger partial charge in [0.05, 0.1) is 21.7 Å². The number of carbonyl (C=O) groups excluding carboxylic acids is 2. The fraction of sp³-hybridized carbons (Fsp3) is 0.0909. The monoisotopic (exact) mass is 420 g/mol. The van der Waals surface area contributed by atoms with Gasteiger partial charge >= 0.3 is 0 Å². The summed E-state index contributed by atoms with van der Waals surface area (Å²) < 4.78 is 0. The Balaban J connectivity index is 1.88. The lowest BCUT2D eigenvalue weighted by molar-refractivity contribution is -0.385. The van der Waals surface area contributed by atoms with Gasteiger partial charge in [0.15, 0.2) is 17.3 Å². The molecule has 0 amide bonds. The Morgan fingerprint density at radius 2 is 1.65 bits per heavy atom. The van der Waals surface area contributed by atoms with Crippen LogP contribution in [0.3, 0.4) is 0 Å². The van der Waals surface area contributed by atoms with E-state index in [-0.39, 0.29) is 29.0 Å². The fourth-order valence-corrected chi connectivity index (χ4v) is 3.63. The Labute approximate surface area is 175 Å². The lowest BCUT2D eigenvalue weighted by Gasteiger charge is -2.22. The van der Waals surface area contributed by atoms with E-state index in [9.17, 15) is 29.9 Å². The topological polar surface area (TPSA) is 150 Å². The van der Waals surface area contributed by atoms with Crippen LogP contribution in [0.5, 0.6) is 11.5 Å². The molecule has 0 fully saturated rings. The summed E-state index contributed by atoms with van der Waals surface area (Å²) in [6.07, 6.45) is 0.461. The van der Waals surface area contributed by atoms with E-state index in [0.29, 0.717) is 12.1 Å². The second-order valence-electron chi connectivity index (χ2n) is 6.95. The number of aliphatic hydroxyl groups is 1. The summed E-state index contributed by atoms with van der Waals surface area (Å²) in [6.45, 7) is -0.0130. The second kappa shape index (κ2) is 7.54. The number of hydrogen-bond acceptors (Lipinski definition) is 8. The molecule has 31 heavy (non-hydrogen) atoms. The molecule has 0 spiro atoms. The number of phenolic OH excluding ortho intramolecular Hbond substituents is 2. The zero-order chi connectivity index (χ0) is 22.3. The van der Waals surface area contributed by atoms with E-state index in [1.165, 1.54) is 12.1 Å². The van der Waals surface area contributed by atoms with Crippen molar-refractivity contribution in [1.82, 2.24) is 0 Å². The van der Waals surface area contributed by atoms with Gasteiger partial charge < -0.3 is 20.6 Å². The van der Waals surface area contributed by atoms with E-state index < -0.39 is 39.2 Å². The summed E-state index contributed by atoms with van der Waals surface area (Å²) in [5.74, 6) is -3.00. The Bertz CT molecular complexity index is 1250. The molecule has 156 valence electrons. The molecule has 0 aliphatic heterocycles. The van der Waals surface area contributed by atoms with E-state index in [4.69, 9.17) is 5.11 Å². The number of nitro benzene ring substituents is 1. The van der Waals surface area contributed by atoms with Crippen molar-refractivity contribution in [2.75, 3.05) is 11.9 Å². The number of aliphatic hydroxyl groups excluding tert-OH is 1. The van der Waals surface area contributed by atoms with Gasteiger partial charge in [-0.05, 0) is 30.2 Å². The number of carbonyl (C=O) groups is 2. The predicted molar refractivity (Wildman–Crippen MR) is 110 cm³/mol. The first-order chi connectivity index (χ1) is 14.8. The van der Waals surface area contributed by atoms with Crippen LogP contribution in [0.25, 0.3) is 0 Å². The number of nitro groups is 1. The molecule has 0 aromatic heterocycles. The number of hydrogen-bond donors (Lipinski definition) is 4. The summed E-state index contributed by atoms with van der Waals surface area (Å²) in [4.78, 5) is 37.0. The lowest BCUT2D eigenvalue weighted by Crippen LogP contribution is -2.23. The van der Waals surface area contributed by atoms with Gasteiger partial charge in [0.25, 0.3) is 5.69 Å². The summed E-state index contributed by atoms with van der Waals surface area (Å²) in [5, 5.41) is 43.9. The molecule has 0 unspecified atom stereocenters. The maximum atomic E-state index is 13.3. The maximum absolute atomic E-state index is 13.3. The minimum atomic E-state index is -0.813. The van der Waals surface area contributed by atoms with Crippen molar-refractivity contribution in [1.29, 1.82) is 0 Å². The average Bonchev–Trinajstić information content (AvgIpc) is 2.75.